The van der Waals surface area contributed by atoms with Gasteiger partial charge in [0.05, 0.1) is 0 Å². The molecule has 1 aliphatic rings. The van der Waals surface area contributed by atoms with Gasteiger partial charge in [-0.3, -0.25) is 0 Å². The van der Waals surface area contributed by atoms with Crippen molar-refractivity contribution in [3.63, 3.8) is 0 Å². The molecule has 16 heavy (non-hydrogen) atoms. The largest absolute Gasteiger partial charge is 0.382 e. The van der Waals surface area contributed by atoms with Crippen LogP contribution in [-0.4, -0.2) is 12.1 Å². The first-order chi connectivity index (χ1) is 7.65. The van der Waals surface area contributed by atoms with Gasteiger partial charge in [-0.15, -0.1) is 0 Å². The number of benzene rings is 1. The summed E-state index contributed by atoms with van der Waals surface area (Å²) in [5, 5.41) is 5.97. The molecule has 4 nitrogen and oxygen atoms in total. The number of hydrogen-bond acceptors (Lipinski definition) is 2. The smallest absolute Gasteiger partial charge is 0.316 e. The van der Waals surface area contributed by atoms with Crippen molar-refractivity contribution in [1.29, 1.82) is 0 Å². The molecule has 1 aliphatic carbocycles. The fourth-order valence-electron chi connectivity index (χ4n) is 1.77. The molecule has 1 saturated carbocycles. The van der Waals surface area contributed by atoms with E-state index in [0.717, 1.165) is 17.3 Å². The molecule has 0 spiro atoms. The quantitative estimate of drug-likeness (QED) is 0.727. The van der Waals surface area contributed by atoms with Gasteiger partial charge in [-0.25, -0.2) is 4.79 Å². The maximum atomic E-state index is 10.6. The van der Waals surface area contributed by atoms with E-state index in [1.54, 1.807) is 0 Å². The van der Waals surface area contributed by atoms with Crippen molar-refractivity contribution in [1.82, 2.24) is 0 Å². The van der Waals surface area contributed by atoms with Crippen molar-refractivity contribution in [2.45, 2.75) is 25.8 Å². The van der Waals surface area contributed by atoms with Crippen LogP contribution in [0.4, 0.5) is 16.2 Å². The van der Waals surface area contributed by atoms with Gasteiger partial charge in [0.2, 0.25) is 0 Å². The van der Waals surface area contributed by atoms with Crippen LogP contribution in [0.3, 0.4) is 0 Å². The Kier molecular flexibility index (Phi) is 2.99. The number of hydrogen-bond donors (Lipinski definition) is 3. The second-order valence-electron chi connectivity index (χ2n) is 4.34. The van der Waals surface area contributed by atoms with Crippen molar-refractivity contribution >= 4 is 17.4 Å². The lowest BCUT2D eigenvalue weighted by Crippen LogP contribution is -2.19. The maximum Gasteiger partial charge on any atom is 0.316 e. The van der Waals surface area contributed by atoms with Gasteiger partial charge in [0.1, 0.15) is 0 Å². The molecule has 1 atom stereocenters. The van der Waals surface area contributed by atoms with E-state index < -0.39 is 6.03 Å². The molecule has 86 valence electrons. The van der Waals surface area contributed by atoms with Crippen molar-refractivity contribution in [3.05, 3.63) is 24.3 Å². The lowest BCUT2D eigenvalue weighted by Gasteiger charge is -2.14. The first-order valence-corrected chi connectivity index (χ1v) is 5.58. The van der Waals surface area contributed by atoms with Crippen molar-refractivity contribution in [2.24, 2.45) is 11.7 Å². The molecule has 4 heteroatoms. The fourth-order valence-corrected chi connectivity index (χ4v) is 1.77. The number of anilines is 2. The molecule has 1 aromatic carbocycles. The van der Waals surface area contributed by atoms with Crippen molar-refractivity contribution in [3.8, 4) is 0 Å². The third-order valence-corrected chi connectivity index (χ3v) is 2.88. The summed E-state index contributed by atoms with van der Waals surface area (Å²) in [6, 6.07) is 7.57. The predicted molar refractivity (Wildman–Crippen MR) is 65.5 cm³/mol. The Morgan fingerprint density at radius 3 is 2.38 bits per heavy atom. The minimum atomic E-state index is -0.535. The molecule has 1 fully saturated rings. The maximum absolute atomic E-state index is 10.6. The first kappa shape index (κ1) is 10.8. The first-order valence-electron chi connectivity index (χ1n) is 5.58. The Morgan fingerprint density at radius 2 is 1.88 bits per heavy atom. The predicted octanol–water partition coefficient (Wildman–Crippen LogP) is 2.39. The summed E-state index contributed by atoms with van der Waals surface area (Å²) in [5.41, 5.74) is 6.82. The lowest BCUT2D eigenvalue weighted by atomic mass is 10.2. The topological polar surface area (TPSA) is 67.2 Å². The SMILES string of the molecule is CC(Nc1ccc(NC(N)=O)cc1)C1CC1. The Hall–Kier alpha value is -1.71. The van der Waals surface area contributed by atoms with Gasteiger partial charge < -0.3 is 16.4 Å². The number of nitrogens with one attached hydrogen (secondary N) is 2. The van der Waals surface area contributed by atoms with Gasteiger partial charge >= 0.3 is 6.03 Å². The number of primary amides is 1. The van der Waals surface area contributed by atoms with Crippen molar-refractivity contribution < 1.29 is 4.79 Å². The van der Waals surface area contributed by atoms with Crippen LogP contribution >= 0.6 is 0 Å². The minimum Gasteiger partial charge on any atom is -0.382 e. The second-order valence-corrected chi connectivity index (χ2v) is 4.34. The summed E-state index contributed by atoms with van der Waals surface area (Å²) in [6.07, 6.45) is 2.66. The van der Waals surface area contributed by atoms with E-state index >= 15 is 0 Å². The average Bonchev–Trinajstić information content (AvgIpc) is 3.03. The van der Waals surface area contributed by atoms with Gasteiger partial charge in [-0.1, -0.05) is 0 Å². The van der Waals surface area contributed by atoms with Crippen LogP contribution in [0.5, 0.6) is 0 Å². The summed E-state index contributed by atoms with van der Waals surface area (Å²) < 4.78 is 0. The highest BCUT2D eigenvalue weighted by Crippen LogP contribution is 2.34. The normalized spacial score (nSPS) is 16.6. The Labute approximate surface area is 95.2 Å². The highest BCUT2D eigenvalue weighted by molar-refractivity contribution is 5.87. The van der Waals surface area contributed by atoms with Gasteiger partial charge in [-0.2, -0.15) is 0 Å². The number of amides is 2. The Morgan fingerprint density at radius 1 is 1.31 bits per heavy atom. The van der Waals surface area contributed by atoms with E-state index in [1.807, 2.05) is 24.3 Å². The van der Waals surface area contributed by atoms with E-state index in [9.17, 15) is 4.79 Å². The van der Waals surface area contributed by atoms with E-state index in [1.165, 1.54) is 12.8 Å². The van der Waals surface area contributed by atoms with Crippen LogP contribution in [0.25, 0.3) is 0 Å². The number of rotatable bonds is 4. The highest BCUT2D eigenvalue weighted by Gasteiger charge is 2.27. The van der Waals surface area contributed by atoms with Crippen LogP contribution in [-0.2, 0) is 0 Å². The average molecular weight is 219 g/mol. The number of nitrogens with two attached hydrogens (primary N) is 1. The van der Waals surface area contributed by atoms with Crippen LogP contribution < -0.4 is 16.4 Å². The fraction of sp³-hybridized carbons (Fsp3) is 0.417. The minimum absolute atomic E-state index is 0.523. The zero-order valence-corrected chi connectivity index (χ0v) is 9.36. The molecule has 0 aromatic heterocycles. The molecule has 1 unspecified atom stereocenters. The van der Waals surface area contributed by atoms with Crippen LogP contribution in [0.2, 0.25) is 0 Å². The molecular formula is C12H17N3O. The van der Waals surface area contributed by atoms with Gasteiger partial charge in [0, 0.05) is 17.4 Å². The van der Waals surface area contributed by atoms with Crippen molar-refractivity contribution in [2.75, 3.05) is 10.6 Å². The highest BCUT2D eigenvalue weighted by atomic mass is 16.2. The summed E-state index contributed by atoms with van der Waals surface area (Å²) in [5.74, 6) is 0.823. The summed E-state index contributed by atoms with van der Waals surface area (Å²) in [6.45, 7) is 2.20. The van der Waals surface area contributed by atoms with Gasteiger partial charge in [0.25, 0.3) is 0 Å². The molecule has 1 aromatic rings. The summed E-state index contributed by atoms with van der Waals surface area (Å²) in [7, 11) is 0. The number of urea groups is 1. The lowest BCUT2D eigenvalue weighted by molar-refractivity contribution is 0.259. The number of carbonyl (C=O) groups excluding carboxylic acids is 1. The van der Waals surface area contributed by atoms with E-state index in [4.69, 9.17) is 5.73 Å². The van der Waals surface area contributed by atoms with Crippen LogP contribution in [0.15, 0.2) is 24.3 Å². The molecule has 0 heterocycles. The molecule has 4 N–H and O–H groups in total. The molecule has 2 rings (SSSR count). The monoisotopic (exact) mass is 219 g/mol. The standard InChI is InChI=1S/C12H17N3O/c1-8(9-2-3-9)14-10-4-6-11(7-5-10)15-12(13)16/h4-9,14H,2-3H2,1H3,(H3,13,15,16). The third-order valence-electron chi connectivity index (χ3n) is 2.88. The van der Waals surface area contributed by atoms with Gasteiger partial charge in [-0.05, 0) is 49.9 Å². The molecule has 0 radical (unpaired) electrons. The van der Waals surface area contributed by atoms with E-state index in [-0.39, 0.29) is 0 Å². The summed E-state index contributed by atoms with van der Waals surface area (Å²) in [4.78, 5) is 10.6. The molecule has 2 amide bonds. The third kappa shape index (κ3) is 2.89. The molecular weight excluding hydrogens is 202 g/mol. The Bertz CT molecular complexity index is 370. The van der Waals surface area contributed by atoms with Crippen LogP contribution in [0.1, 0.15) is 19.8 Å². The van der Waals surface area contributed by atoms with E-state index in [2.05, 4.69) is 17.6 Å². The van der Waals surface area contributed by atoms with E-state index in [0.29, 0.717) is 6.04 Å². The molecule has 0 aliphatic heterocycles. The molecule has 0 saturated heterocycles. The summed E-state index contributed by atoms with van der Waals surface area (Å²) >= 11 is 0. The number of carbonyl (C=O) groups is 1. The Balaban J connectivity index is 1.93. The zero-order chi connectivity index (χ0) is 11.5. The van der Waals surface area contributed by atoms with Crippen LogP contribution in [0, 0.1) is 5.92 Å². The molecule has 0 bridgehead atoms. The van der Waals surface area contributed by atoms with Gasteiger partial charge in [0.15, 0.2) is 0 Å². The zero-order valence-electron chi connectivity index (χ0n) is 9.36. The second kappa shape index (κ2) is 4.43.